The number of carbonyl (C=O) groups excluding carboxylic acids is 1. The van der Waals surface area contributed by atoms with Crippen LogP contribution in [0, 0.1) is 11.8 Å². The van der Waals surface area contributed by atoms with E-state index in [9.17, 15) is 9.36 Å². The number of fused-ring (bicyclic) bond motifs is 2. The molecule has 6 unspecified atom stereocenters. The number of rotatable bonds is 6. The molecular formula is C18H27N6O6P. The van der Waals surface area contributed by atoms with Gasteiger partial charge < -0.3 is 15.2 Å². The van der Waals surface area contributed by atoms with Crippen molar-refractivity contribution in [2.45, 2.75) is 52.2 Å². The summed E-state index contributed by atoms with van der Waals surface area (Å²) in [5.41, 5.74) is 6.91. The fraction of sp³-hybridized carbons (Fsp3) is 0.667. The molecule has 2 fully saturated rings. The first kappa shape index (κ1) is 22.1. The van der Waals surface area contributed by atoms with Gasteiger partial charge in [0.25, 0.3) is 0 Å². The van der Waals surface area contributed by atoms with E-state index in [0.29, 0.717) is 11.2 Å². The highest BCUT2D eigenvalue weighted by Crippen LogP contribution is 2.54. The highest BCUT2D eigenvalue weighted by atomic mass is 31.2. The summed E-state index contributed by atoms with van der Waals surface area (Å²) in [7, 11) is -3.61. The van der Waals surface area contributed by atoms with Gasteiger partial charge in [-0.3, -0.25) is 18.4 Å². The predicted octanol–water partition coefficient (Wildman–Crippen LogP) is 1.64. The highest BCUT2D eigenvalue weighted by Gasteiger charge is 2.51. The van der Waals surface area contributed by atoms with Gasteiger partial charge in [0.2, 0.25) is 0 Å². The van der Waals surface area contributed by atoms with E-state index in [1.807, 2.05) is 6.92 Å². The van der Waals surface area contributed by atoms with Crippen molar-refractivity contribution in [1.29, 1.82) is 0 Å². The van der Waals surface area contributed by atoms with E-state index in [1.165, 1.54) is 6.33 Å². The Morgan fingerprint density at radius 1 is 1.39 bits per heavy atom. The molecule has 12 nitrogen and oxygen atoms in total. The number of hydrogen-bond donors (Lipinski definition) is 2. The van der Waals surface area contributed by atoms with Crippen LogP contribution in [0.15, 0.2) is 12.7 Å². The van der Waals surface area contributed by atoms with Crippen LogP contribution in [-0.4, -0.2) is 57.0 Å². The number of aromatic nitrogens is 4. The summed E-state index contributed by atoms with van der Waals surface area (Å²) < 4.78 is 37.6. The van der Waals surface area contributed by atoms with Crippen molar-refractivity contribution in [2.24, 2.45) is 11.8 Å². The molecule has 170 valence electrons. The number of ether oxygens (including phenoxy) is 2. The maximum absolute atomic E-state index is 13.2. The Morgan fingerprint density at radius 3 is 2.90 bits per heavy atom. The molecule has 2 aromatic heterocycles. The lowest BCUT2D eigenvalue weighted by atomic mass is 10.0. The van der Waals surface area contributed by atoms with Gasteiger partial charge in [0.15, 0.2) is 11.5 Å². The molecule has 2 aromatic rings. The lowest BCUT2D eigenvalue weighted by molar-refractivity contribution is -0.147. The van der Waals surface area contributed by atoms with Crippen LogP contribution in [0.3, 0.4) is 0 Å². The number of esters is 1. The van der Waals surface area contributed by atoms with Crippen LogP contribution in [0.5, 0.6) is 0 Å². The van der Waals surface area contributed by atoms with E-state index in [-0.39, 0.29) is 36.8 Å². The van der Waals surface area contributed by atoms with Crippen molar-refractivity contribution in [1.82, 2.24) is 24.6 Å². The average Bonchev–Trinajstić information content (AvgIpc) is 3.28. The second-order valence-corrected chi connectivity index (χ2v) is 9.91. The lowest BCUT2D eigenvalue weighted by Gasteiger charge is -2.33. The number of nitrogens with one attached hydrogen (secondary N) is 1. The van der Waals surface area contributed by atoms with Crippen molar-refractivity contribution < 1.29 is 27.9 Å². The summed E-state index contributed by atoms with van der Waals surface area (Å²) >= 11 is 0. The van der Waals surface area contributed by atoms with Crippen LogP contribution in [-0.2, 0) is 27.9 Å². The van der Waals surface area contributed by atoms with Crippen molar-refractivity contribution in [2.75, 3.05) is 18.9 Å². The molecule has 3 N–H and O–H groups in total. The SMILES string of the molecule is CC(COC(=O)C(C)C)NP1(=O)OCC2OC(n3cnc4c(N)ncnc43)C(C)C2O1. The number of nitrogens with zero attached hydrogens (tertiary/aromatic N) is 4. The van der Waals surface area contributed by atoms with Crippen LogP contribution in [0.4, 0.5) is 5.82 Å². The summed E-state index contributed by atoms with van der Waals surface area (Å²) in [6, 6.07) is -0.421. The van der Waals surface area contributed by atoms with Crippen molar-refractivity contribution in [3.05, 3.63) is 12.7 Å². The van der Waals surface area contributed by atoms with Gasteiger partial charge in [-0.05, 0) is 6.92 Å². The van der Waals surface area contributed by atoms with Gasteiger partial charge in [-0.2, -0.15) is 0 Å². The van der Waals surface area contributed by atoms with Gasteiger partial charge in [0.05, 0.1) is 18.9 Å². The van der Waals surface area contributed by atoms with Crippen molar-refractivity contribution in [3.63, 3.8) is 0 Å². The van der Waals surface area contributed by atoms with Gasteiger partial charge >= 0.3 is 13.7 Å². The first-order valence-electron chi connectivity index (χ1n) is 10.1. The Balaban J connectivity index is 1.44. The van der Waals surface area contributed by atoms with E-state index in [4.69, 9.17) is 24.3 Å². The topological polar surface area (TPSA) is 153 Å². The molecule has 2 saturated heterocycles. The number of imidazole rings is 1. The zero-order chi connectivity index (χ0) is 22.3. The molecule has 0 aromatic carbocycles. The fourth-order valence-corrected chi connectivity index (χ4v) is 5.47. The number of carbonyl (C=O) groups is 1. The summed E-state index contributed by atoms with van der Waals surface area (Å²) in [5.74, 6) is -0.450. The maximum Gasteiger partial charge on any atom is 0.406 e. The molecule has 4 heterocycles. The predicted molar refractivity (Wildman–Crippen MR) is 110 cm³/mol. The molecule has 2 aliphatic heterocycles. The monoisotopic (exact) mass is 454 g/mol. The third kappa shape index (κ3) is 4.31. The van der Waals surface area contributed by atoms with Crippen LogP contribution in [0.25, 0.3) is 11.2 Å². The van der Waals surface area contributed by atoms with E-state index >= 15 is 0 Å². The molecule has 0 saturated carbocycles. The molecule has 0 bridgehead atoms. The highest BCUT2D eigenvalue weighted by molar-refractivity contribution is 7.51. The largest absolute Gasteiger partial charge is 0.464 e. The maximum atomic E-state index is 13.2. The zero-order valence-electron chi connectivity index (χ0n) is 17.8. The number of nitrogens with two attached hydrogens (primary N) is 1. The molecular weight excluding hydrogens is 427 g/mol. The normalized spacial score (nSPS) is 31.6. The van der Waals surface area contributed by atoms with E-state index in [1.54, 1.807) is 31.7 Å². The molecule has 0 spiro atoms. The van der Waals surface area contributed by atoms with Gasteiger partial charge in [-0.1, -0.05) is 20.8 Å². The minimum absolute atomic E-state index is 0.0542. The summed E-state index contributed by atoms with van der Waals surface area (Å²) in [6.45, 7) is 7.33. The first-order valence-corrected chi connectivity index (χ1v) is 11.7. The third-order valence-corrected chi connectivity index (χ3v) is 7.07. The molecule has 0 amide bonds. The Bertz CT molecular complexity index is 1010. The third-order valence-electron chi connectivity index (χ3n) is 5.30. The van der Waals surface area contributed by atoms with Crippen LogP contribution in [0.1, 0.15) is 33.9 Å². The Hall–Kier alpha value is -2.11. The molecule has 4 rings (SSSR count). The quantitative estimate of drug-likeness (QED) is 0.484. The van der Waals surface area contributed by atoms with E-state index in [2.05, 4.69) is 20.0 Å². The van der Waals surface area contributed by atoms with Crippen LogP contribution >= 0.6 is 7.75 Å². The van der Waals surface area contributed by atoms with Crippen LogP contribution in [0.2, 0.25) is 0 Å². The van der Waals surface area contributed by atoms with Crippen molar-refractivity contribution >= 4 is 30.7 Å². The van der Waals surface area contributed by atoms with Gasteiger partial charge in [-0.15, -0.1) is 0 Å². The minimum atomic E-state index is -3.61. The summed E-state index contributed by atoms with van der Waals surface area (Å²) in [5, 5.41) is 2.83. The molecule has 0 radical (unpaired) electrons. The Labute approximate surface area is 179 Å². The number of nitrogen functional groups attached to an aromatic ring is 1. The molecule has 13 heteroatoms. The zero-order valence-corrected chi connectivity index (χ0v) is 18.7. The van der Waals surface area contributed by atoms with Crippen LogP contribution < -0.4 is 10.8 Å². The fourth-order valence-electron chi connectivity index (χ4n) is 3.67. The number of hydrogen-bond acceptors (Lipinski definition) is 10. The second kappa shape index (κ2) is 8.44. The van der Waals surface area contributed by atoms with Gasteiger partial charge in [-0.25, -0.2) is 24.6 Å². The van der Waals surface area contributed by atoms with Gasteiger partial charge in [0.1, 0.15) is 36.9 Å². The Kier molecular flexibility index (Phi) is 6.01. The second-order valence-electron chi connectivity index (χ2n) is 8.19. The van der Waals surface area contributed by atoms with E-state index in [0.717, 1.165) is 0 Å². The lowest BCUT2D eigenvalue weighted by Crippen LogP contribution is -2.41. The van der Waals surface area contributed by atoms with Crippen molar-refractivity contribution in [3.8, 4) is 0 Å². The standard InChI is InChI=1S/C18H27N6O6P/c1-9(2)18(25)27-5-10(3)23-31(26)28-6-12-14(30-31)11(4)17(29-12)24-8-22-13-15(19)20-7-21-16(13)24/h7-12,14,17H,5-6H2,1-4H3,(H,23,26)(H2,19,20,21). The number of anilines is 1. The minimum Gasteiger partial charge on any atom is -0.464 e. The smallest absolute Gasteiger partial charge is 0.406 e. The summed E-state index contributed by atoms with van der Waals surface area (Å²) in [4.78, 5) is 24.1. The first-order chi connectivity index (χ1) is 14.7. The van der Waals surface area contributed by atoms with Gasteiger partial charge in [0, 0.05) is 12.0 Å². The molecule has 31 heavy (non-hydrogen) atoms. The molecule has 2 aliphatic rings. The molecule has 6 atom stereocenters. The summed E-state index contributed by atoms with van der Waals surface area (Å²) in [6.07, 6.45) is 1.63. The average molecular weight is 454 g/mol. The van der Waals surface area contributed by atoms with E-state index < -0.39 is 32.2 Å². The molecule has 0 aliphatic carbocycles. The Morgan fingerprint density at radius 2 is 2.16 bits per heavy atom.